The van der Waals surface area contributed by atoms with Gasteiger partial charge in [-0.25, -0.2) is 0 Å². The van der Waals surface area contributed by atoms with Crippen molar-refractivity contribution < 1.29 is 4.79 Å². The Morgan fingerprint density at radius 2 is 2.05 bits per heavy atom. The van der Waals surface area contributed by atoms with Crippen molar-refractivity contribution in [3.63, 3.8) is 0 Å². The van der Waals surface area contributed by atoms with Crippen molar-refractivity contribution in [3.05, 3.63) is 63.4 Å². The number of Topliss-reactive ketones (excluding diaryl/α,β-unsaturated/α-hetero) is 1. The van der Waals surface area contributed by atoms with Gasteiger partial charge in [-0.15, -0.1) is 11.3 Å². The van der Waals surface area contributed by atoms with Crippen LogP contribution in [0.5, 0.6) is 0 Å². The molecule has 0 unspecified atom stereocenters. The lowest BCUT2D eigenvalue weighted by Gasteiger charge is -2.04. The molecule has 2 heterocycles. The molecule has 94 valence electrons. The average Bonchev–Trinajstić information content (AvgIpc) is 2.83. The van der Waals surface area contributed by atoms with Crippen molar-refractivity contribution in [2.24, 2.45) is 0 Å². The summed E-state index contributed by atoms with van der Waals surface area (Å²) >= 11 is 7.33. The van der Waals surface area contributed by atoms with Crippen LogP contribution in [0.4, 0.5) is 0 Å². The summed E-state index contributed by atoms with van der Waals surface area (Å²) in [5, 5.41) is 0.901. The van der Waals surface area contributed by atoms with Crippen molar-refractivity contribution in [1.29, 1.82) is 0 Å². The van der Waals surface area contributed by atoms with Crippen LogP contribution in [-0.2, 0) is 6.42 Å². The van der Waals surface area contributed by atoms with Crippen LogP contribution in [0.15, 0.2) is 48.7 Å². The molecule has 19 heavy (non-hydrogen) atoms. The SMILES string of the molecule is O=C(Cc1ccc(Cl)s1)c1cccc2ncccc12. The molecule has 2 nitrogen and oxygen atoms in total. The van der Waals surface area contributed by atoms with E-state index in [1.807, 2.05) is 42.5 Å². The Hall–Kier alpha value is -1.71. The van der Waals surface area contributed by atoms with Crippen molar-refractivity contribution >= 4 is 39.6 Å². The van der Waals surface area contributed by atoms with Crippen LogP contribution in [0, 0.1) is 0 Å². The maximum atomic E-state index is 12.4. The fourth-order valence-corrected chi connectivity index (χ4v) is 3.13. The lowest BCUT2D eigenvalue weighted by atomic mass is 10.0. The number of nitrogens with zero attached hydrogens (tertiary/aromatic N) is 1. The van der Waals surface area contributed by atoms with Crippen LogP contribution in [-0.4, -0.2) is 10.8 Å². The highest BCUT2D eigenvalue weighted by atomic mass is 35.5. The predicted molar refractivity (Wildman–Crippen MR) is 79.1 cm³/mol. The van der Waals surface area contributed by atoms with Crippen molar-refractivity contribution in [2.45, 2.75) is 6.42 Å². The first-order valence-corrected chi connectivity index (χ1v) is 7.04. The molecule has 0 aliphatic heterocycles. The molecule has 0 amide bonds. The highest BCUT2D eigenvalue weighted by Gasteiger charge is 2.12. The first-order chi connectivity index (χ1) is 9.24. The quantitative estimate of drug-likeness (QED) is 0.669. The fraction of sp³-hybridized carbons (Fsp3) is 0.0667. The van der Waals surface area contributed by atoms with Gasteiger partial charge in [0.15, 0.2) is 5.78 Å². The van der Waals surface area contributed by atoms with Gasteiger partial charge >= 0.3 is 0 Å². The summed E-state index contributed by atoms with van der Waals surface area (Å²) in [7, 11) is 0. The van der Waals surface area contributed by atoms with Crippen LogP contribution in [0.2, 0.25) is 4.34 Å². The maximum Gasteiger partial charge on any atom is 0.168 e. The van der Waals surface area contributed by atoms with Gasteiger partial charge in [-0.05, 0) is 24.3 Å². The fourth-order valence-electron chi connectivity index (χ4n) is 2.05. The van der Waals surface area contributed by atoms with Crippen LogP contribution in [0.25, 0.3) is 10.9 Å². The van der Waals surface area contributed by atoms with Gasteiger partial charge in [-0.1, -0.05) is 29.8 Å². The van der Waals surface area contributed by atoms with Gasteiger partial charge < -0.3 is 0 Å². The van der Waals surface area contributed by atoms with E-state index in [0.717, 1.165) is 21.3 Å². The van der Waals surface area contributed by atoms with Crippen molar-refractivity contribution in [2.75, 3.05) is 0 Å². The van der Waals surface area contributed by atoms with E-state index in [1.165, 1.54) is 11.3 Å². The minimum Gasteiger partial charge on any atom is -0.294 e. The van der Waals surface area contributed by atoms with Crippen molar-refractivity contribution in [1.82, 2.24) is 4.98 Å². The van der Waals surface area contributed by atoms with Crippen LogP contribution < -0.4 is 0 Å². The Bertz CT molecular complexity index is 745. The number of thiophene rings is 1. The summed E-state index contributed by atoms with van der Waals surface area (Å²) in [5.41, 5.74) is 1.56. The molecule has 0 aliphatic carbocycles. The Balaban J connectivity index is 1.97. The summed E-state index contributed by atoms with van der Waals surface area (Å²) in [6.45, 7) is 0. The third kappa shape index (κ3) is 2.53. The molecule has 0 bridgehead atoms. The van der Waals surface area contributed by atoms with Gasteiger partial charge in [-0.2, -0.15) is 0 Å². The molecule has 0 saturated carbocycles. The zero-order chi connectivity index (χ0) is 13.2. The van der Waals surface area contributed by atoms with Crippen LogP contribution in [0.3, 0.4) is 0 Å². The Morgan fingerprint density at radius 3 is 2.84 bits per heavy atom. The van der Waals surface area contributed by atoms with E-state index < -0.39 is 0 Å². The smallest absolute Gasteiger partial charge is 0.168 e. The number of carbonyl (C=O) groups is 1. The first-order valence-electron chi connectivity index (χ1n) is 5.85. The molecule has 0 N–H and O–H groups in total. The number of rotatable bonds is 3. The van der Waals surface area contributed by atoms with Gasteiger partial charge in [0, 0.05) is 28.4 Å². The number of aromatic nitrogens is 1. The molecule has 0 fully saturated rings. The molecule has 0 spiro atoms. The molecule has 0 atom stereocenters. The summed E-state index contributed by atoms with van der Waals surface area (Å²) < 4.78 is 0.711. The Labute approximate surface area is 119 Å². The van der Waals surface area contributed by atoms with Gasteiger partial charge in [-0.3, -0.25) is 9.78 Å². The lowest BCUT2D eigenvalue weighted by molar-refractivity contribution is 0.0995. The van der Waals surface area contributed by atoms with E-state index in [1.54, 1.807) is 6.20 Å². The van der Waals surface area contributed by atoms with E-state index >= 15 is 0 Å². The molecule has 3 aromatic rings. The molecule has 0 saturated heterocycles. The van der Waals surface area contributed by atoms with E-state index in [4.69, 9.17) is 11.6 Å². The highest BCUT2D eigenvalue weighted by molar-refractivity contribution is 7.16. The highest BCUT2D eigenvalue weighted by Crippen LogP contribution is 2.24. The summed E-state index contributed by atoms with van der Waals surface area (Å²) in [5.74, 6) is 0.0946. The average molecular weight is 288 g/mol. The molecule has 0 aliphatic rings. The van der Waals surface area contributed by atoms with Crippen molar-refractivity contribution in [3.8, 4) is 0 Å². The van der Waals surface area contributed by atoms with Gasteiger partial charge in [0.05, 0.1) is 9.85 Å². The molecule has 3 rings (SSSR count). The molecule has 2 aromatic heterocycles. The van der Waals surface area contributed by atoms with Crippen LogP contribution >= 0.6 is 22.9 Å². The monoisotopic (exact) mass is 287 g/mol. The zero-order valence-electron chi connectivity index (χ0n) is 9.97. The summed E-state index contributed by atoms with van der Waals surface area (Å²) in [4.78, 5) is 17.6. The predicted octanol–water partition coefficient (Wildman–Crippen LogP) is 4.38. The number of halogens is 1. The largest absolute Gasteiger partial charge is 0.294 e. The van der Waals surface area contributed by atoms with Gasteiger partial charge in [0.25, 0.3) is 0 Å². The van der Waals surface area contributed by atoms with E-state index in [0.29, 0.717) is 10.8 Å². The second-order valence-corrected chi connectivity index (χ2v) is 5.98. The van der Waals surface area contributed by atoms with E-state index in [9.17, 15) is 4.79 Å². The lowest BCUT2D eigenvalue weighted by Crippen LogP contribution is -2.03. The van der Waals surface area contributed by atoms with Gasteiger partial charge in [0.2, 0.25) is 0 Å². The number of carbonyl (C=O) groups excluding carboxylic acids is 1. The number of hydrogen-bond acceptors (Lipinski definition) is 3. The molecule has 4 heteroatoms. The number of pyridine rings is 1. The molecule has 0 radical (unpaired) electrons. The maximum absolute atomic E-state index is 12.4. The van der Waals surface area contributed by atoms with E-state index in [2.05, 4.69) is 4.98 Å². The summed E-state index contributed by atoms with van der Waals surface area (Å²) in [6.07, 6.45) is 2.11. The normalized spacial score (nSPS) is 10.8. The third-order valence-electron chi connectivity index (χ3n) is 2.91. The number of fused-ring (bicyclic) bond motifs is 1. The first kappa shape index (κ1) is 12.3. The topological polar surface area (TPSA) is 30.0 Å². The van der Waals surface area contributed by atoms with E-state index in [-0.39, 0.29) is 5.78 Å². The standard InChI is InChI=1S/C15H10ClNOS/c16-15-7-6-10(19-15)9-14(18)12-3-1-5-13-11(12)4-2-8-17-13/h1-8H,9H2. The summed E-state index contributed by atoms with van der Waals surface area (Å²) in [6, 6.07) is 13.1. The Morgan fingerprint density at radius 1 is 1.16 bits per heavy atom. The molecule has 1 aromatic carbocycles. The third-order valence-corrected chi connectivity index (χ3v) is 4.14. The zero-order valence-corrected chi connectivity index (χ0v) is 11.5. The Kier molecular flexibility index (Phi) is 3.32. The molecular formula is C15H10ClNOS. The minimum atomic E-state index is 0.0946. The van der Waals surface area contributed by atoms with Crippen LogP contribution in [0.1, 0.15) is 15.2 Å². The number of hydrogen-bond donors (Lipinski definition) is 0. The second kappa shape index (κ2) is 5.11. The van der Waals surface area contributed by atoms with Gasteiger partial charge in [0.1, 0.15) is 0 Å². The number of benzene rings is 1. The molecular weight excluding hydrogens is 278 g/mol. The number of ketones is 1. The second-order valence-electron chi connectivity index (χ2n) is 4.18. The minimum absolute atomic E-state index is 0.0946.